The van der Waals surface area contributed by atoms with Crippen LogP contribution in [0.4, 0.5) is 5.69 Å². The van der Waals surface area contributed by atoms with Crippen molar-refractivity contribution in [2.24, 2.45) is 0 Å². The molecule has 1 aromatic heterocycles. The van der Waals surface area contributed by atoms with Gasteiger partial charge in [0.25, 0.3) is 5.91 Å². The highest BCUT2D eigenvalue weighted by atomic mass is 32.2. The number of nitrogens with one attached hydrogen (secondary N) is 1. The zero-order chi connectivity index (χ0) is 22.7. The molecule has 6 nitrogen and oxygen atoms in total. The number of hydrogen-bond donors (Lipinski definition) is 1. The van der Waals surface area contributed by atoms with E-state index in [0.29, 0.717) is 5.69 Å². The number of aromatic nitrogens is 1. The molecule has 0 aliphatic carbocycles. The molecule has 1 heterocycles. The molecule has 0 spiro atoms. The van der Waals surface area contributed by atoms with Gasteiger partial charge in [0, 0.05) is 23.3 Å². The van der Waals surface area contributed by atoms with Crippen LogP contribution in [0.3, 0.4) is 0 Å². The molecular formula is C23H20N2O4S3. The summed E-state index contributed by atoms with van der Waals surface area (Å²) in [5.41, 5.74) is 2.63. The molecule has 0 unspecified atom stereocenters. The summed E-state index contributed by atoms with van der Waals surface area (Å²) < 4.78 is 31.2. The number of anilines is 1. The third-order valence-electron chi connectivity index (χ3n) is 4.70. The van der Waals surface area contributed by atoms with Crippen LogP contribution in [-0.2, 0) is 15.6 Å². The average Bonchev–Trinajstić information content (AvgIpc) is 3.19. The van der Waals surface area contributed by atoms with E-state index in [-0.39, 0.29) is 10.5 Å². The normalized spacial score (nSPS) is 11.4. The Morgan fingerprint density at radius 3 is 2.62 bits per heavy atom. The van der Waals surface area contributed by atoms with Gasteiger partial charge < -0.3 is 10.1 Å². The van der Waals surface area contributed by atoms with Crippen molar-refractivity contribution in [2.45, 2.75) is 15.0 Å². The molecule has 32 heavy (non-hydrogen) atoms. The predicted molar refractivity (Wildman–Crippen MR) is 130 cm³/mol. The summed E-state index contributed by atoms with van der Waals surface area (Å²) >= 11 is 3.16. The largest absolute Gasteiger partial charge is 0.496 e. The Hall–Kier alpha value is -2.88. The van der Waals surface area contributed by atoms with E-state index in [2.05, 4.69) is 10.3 Å². The number of fused-ring (bicyclic) bond motifs is 1. The molecule has 0 aliphatic heterocycles. The third-order valence-corrected chi connectivity index (χ3v) is 8.07. The van der Waals surface area contributed by atoms with Crippen molar-refractivity contribution >= 4 is 54.7 Å². The molecule has 9 heteroatoms. The first-order valence-corrected chi connectivity index (χ1v) is 13.3. The van der Waals surface area contributed by atoms with Gasteiger partial charge in [-0.15, -0.1) is 11.3 Å². The number of thioether (sulfide) groups is 1. The predicted octanol–water partition coefficient (Wildman–Crippen LogP) is 5.25. The molecule has 0 bridgehead atoms. The molecule has 4 aromatic rings. The fourth-order valence-corrected chi connectivity index (χ4v) is 6.17. The van der Waals surface area contributed by atoms with E-state index in [9.17, 15) is 13.2 Å². The van der Waals surface area contributed by atoms with E-state index >= 15 is 0 Å². The van der Waals surface area contributed by atoms with Gasteiger partial charge in [-0.1, -0.05) is 42.1 Å². The van der Waals surface area contributed by atoms with Crippen molar-refractivity contribution in [3.8, 4) is 5.75 Å². The Kier molecular flexibility index (Phi) is 6.50. The van der Waals surface area contributed by atoms with Gasteiger partial charge in [0.15, 0.2) is 14.2 Å². The number of para-hydroxylation sites is 1. The molecule has 4 rings (SSSR count). The van der Waals surface area contributed by atoms with Crippen LogP contribution in [-0.4, -0.2) is 32.7 Å². The Balaban J connectivity index is 1.52. The maximum Gasteiger partial charge on any atom is 0.256 e. The second-order valence-corrected chi connectivity index (χ2v) is 11.2. The van der Waals surface area contributed by atoms with Crippen molar-refractivity contribution in [1.29, 1.82) is 0 Å². The van der Waals surface area contributed by atoms with Crippen molar-refractivity contribution in [2.75, 3.05) is 18.7 Å². The van der Waals surface area contributed by atoms with E-state index in [0.717, 1.165) is 37.9 Å². The Bertz CT molecular complexity index is 1400. The zero-order valence-electron chi connectivity index (χ0n) is 17.4. The summed E-state index contributed by atoms with van der Waals surface area (Å²) in [7, 11) is -1.86. The second kappa shape index (κ2) is 9.32. The lowest BCUT2D eigenvalue weighted by Crippen LogP contribution is -2.15. The standard InChI is InChI=1S/C23H20N2O4S3/c1-29-19-9-5-3-7-15(19)14-30-23-25-18-12-11-16(13-20(18)31-23)24-22(26)17-8-4-6-10-21(17)32(2,27)28/h3-13H,14H2,1-2H3,(H,24,26). The number of carbonyl (C=O) groups excluding carboxylic acids is 1. The smallest absolute Gasteiger partial charge is 0.256 e. The van der Waals surface area contributed by atoms with Crippen LogP contribution in [0.1, 0.15) is 15.9 Å². The fourth-order valence-electron chi connectivity index (χ4n) is 3.18. The van der Waals surface area contributed by atoms with Gasteiger partial charge in [0.1, 0.15) is 5.75 Å². The summed E-state index contributed by atoms with van der Waals surface area (Å²) in [5, 5.41) is 2.80. The first kappa shape index (κ1) is 22.3. The summed E-state index contributed by atoms with van der Waals surface area (Å²) in [6.45, 7) is 0. The van der Waals surface area contributed by atoms with Gasteiger partial charge in [0.2, 0.25) is 0 Å². The number of hydrogen-bond acceptors (Lipinski definition) is 7. The van der Waals surface area contributed by atoms with Crippen molar-refractivity contribution in [1.82, 2.24) is 4.98 Å². The number of rotatable bonds is 7. The lowest BCUT2D eigenvalue weighted by molar-refractivity contribution is 0.102. The first-order chi connectivity index (χ1) is 15.3. The average molecular weight is 485 g/mol. The minimum absolute atomic E-state index is 0.00592. The molecule has 0 fully saturated rings. The molecule has 0 radical (unpaired) electrons. The number of benzene rings is 3. The topological polar surface area (TPSA) is 85.4 Å². The number of methoxy groups -OCH3 is 1. The number of sulfone groups is 1. The minimum atomic E-state index is -3.52. The Morgan fingerprint density at radius 1 is 1.09 bits per heavy atom. The highest BCUT2D eigenvalue weighted by Crippen LogP contribution is 2.34. The molecule has 0 saturated carbocycles. The third kappa shape index (κ3) is 4.95. The molecule has 164 valence electrons. The molecule has 0 aliphatic rings. The fraction of sp³-hybridized carbons (Fsp3) is 0.130. The molecule has 0 atom stereocenters. The number of thiazole rings is 1. The van der Waals surface area contributed by atoms with E-state index < -0.39 is 15.7 Å². The van der Waals surface area contributed by atoms with E-state index in [1.165, 1.54) is 23.5 Å². The summed E-state index contributed by atoms with van der Waals surface area (Å²) in [6.07, 6.45) is 1.09. The summed E-state index contributed by atoms with van der Waals surface area (Å²) in [4.78, 5) is 17.4. The summed E-state index contributed by atoms with van der Waals surface area (Å²) in [5.74, 6) is 1.11. The quantitative estimate of drug-likeness (QED) is 0.361. The summed E-state index contributed by atoms with van der Waals surface area (Å²) in [6, 6.07) is 19.5. The first-order valence-electron chi connectivity index (χ1n) is 9.61. The number of amides is 1. The molecule has 1 N–H and O–H groups in total. The zero-order valence-corrected chi connectivity index (χ0v) is 19.8. The van der Waals surface area contributed by atoms with Crippen molar-refractivity contribution < 1.29 is 17.9 Å². The lowest BCUT2D eigenvalue weighted by Gasteiger charge is -2.09. The monoisotopic (exact) mass is 484 g/mol. The minimum Gasteiger partial charge on any atom is -0.496 e. The van der Waals surface area contributed by atoms with Crippen LogP contribution in [0.15, 0.2) is 76.0 Å². The van der Waals surface area contributed by atoms with Gasteiger partial charge in [-0.2, -0.15) is 0 Å². The number of carbonyl (C=O) groups is 1. The molecule has 1 amide bonds. The van der Waals surface area contributed by atoms with Crippen molar-refractivity contribution in [3.63, 3.8) is 0 Å². The maximum absolute atomic E-state index is 12.7. The van der Waals surface area contributed by atoms with Crippen LogP contribution in [0.5, 0.6) is 5.75 Å². The number of ether oxygens (including phenoxy) is 1. The van der Waals surface area contributed by atoms with Crippen LogP contribution < -0.4 is 10.1 Å². The van der Waals surface area contributed by atoms with Gasteiger partial charge in [-0.3, -0.25) is 4.79 Å². The Morgan fingerprint density at radius 2 is 1.84 bits per heavy atom. The lowest BCUT2D eigenvalue weighted by atomic mass is 10.2. The van der Waals surface area contributed by atoms with Crippen LogP contribution in [0.2, 0.25) is 0 Å². The van der Waals surface area contributed by atoms with Crippen LogP contribution >= 0.6 is 23.1 Å². The van der Waals surface area contributed by atoms with Gasteiger partial charge in [-0.25, -0.2) is 13.4 Å². The van der Waals surface area contributed by atoms with E-state index in [1.807, 2.05) is 36.4 Å². The van der Waals surface area contributed by atoms with E-state index in [1.54, 1.807) is 37.1 Å². The maximum atomic E-state index is 12.7. The SMILES string of the molecule is COc1ccccc1CSc1nc2ccc(NC(=O)c3ccccc3S(C)(=O)=O)cc2s1. The van der Waals surface area contributed by atoms with Crippen molar-refractivity contribution in [3.05, 3.63) is 77.9 Å². The van der Waals surface area contributed by atoms with Gasteiger partial charge in [0.05, 0.1) is 27.8 Å². The second-order valence-electron chi connectivity index (χ2n) is 6.99. The Labute approximate surface area is 194 Å². The van der Waals surface area contributed by atoms with Crippen LogP contribution in [0, 0.1) is 0 Å². The molecule has 0 saturated heterocycles. The highest BCUT2D eigenvalue weighted by molar-refractivity contribution is 8.00. The highest BCUT2D eigenvalue weighted by Gasteiger charge is 2.18. The number of nitrogens with zero attached hydrogens (tertiary/aromatic N) is 1. The van der Waals surface area contributed by atoms with Gasteiger partial charge in [-0.05, 0) is 36.4 Å². The molecule has 3 aromatic carbocycles. The van der Waals surface area contributed by atoms with E-state index in [4.69, 9.17) is 4.74 Å². The van der Waals surface area contributed by atoms with Gasteiger partial charge >= 0.3 is 0 Å². The molecular weight excluding hydrogens is 464 g/mol. The van der Waals surface area contributed by atoms with Crippen LogP contribution in [0.25, 0.3) is 10.2 Å².